The third kappa shape index (κ3) is 6.07. The topological polar surface area (TPSA) is 52.7 Å². The molecule has 0 aromatic heterocycles. The molecule has 1 aliphatic heterocycles. The molecule has 1 saturated heterocycles. The van der Waals surface area contributed by atoms with Gasteiger partial charge in [-0.1, -0.05) is 0 Å². The van der Waals surface area contributed by atoms with Gasteiger partial charge in [-0.05, 0) is 20.0 Å². The van der Waals surface area contributed by atoms with Crippen LogP contribution >= 0.6 is 0 Å². The standard InChI is InChI=1S/C10H20F3N3O2S/c1-14-3-2-8-19(17,18)16-6-4-15(5-7-16)9-10(11,12)13/h14H,2-9H2,1H3. The van der Waals surface area contributed by atoms with E-state index in [1.165, 1.54) is 9.21 Å². The zero-order valence-electron chi connectivity index (χ0n) is 10.9. The predicted molar refractivity (Wildman–Crippen MR) is 66.4 cm³/mol. The molecule has 5 nitrogen and oxygen atoms in total. The van der Waals surface area contributed by atoms with Gasteiger partial charge >= 0.3 is 6.18 Å². The third-order valence-electron chi connectivity index (χ3n) is 2.96. The highest BCUT2D eigenvalue weighted by Crippen LogP contribution is 2.18. The van der Waals surface area contributed by atoms with E-state index in [1.807, 2.05) is 0 Å². The molecule has 1 heterocycles. The van der Waals surface area contributed by atoms with E-state index in [0.29, 0.717) is 13.0 Å². The van der Waals surface area contributed by atoms with Crippen molar-refractivity contribution in [2.24, 2.45) is 0 Å². The van der Waals surface area contributed by atoms with Gasteiger partial charge in [0.1, 0.15) is 0 Å². The summed E-state index contributed by atoms with van der Waals surface area (Å²) in [5.41, 5.74) is 0. The highest BCUT2D eigenvalue weighted by Gasteiger charge is 2.34. The first-order chi connectivity index (χ1) is 8.74. The summed E-state index contributed by atoms with van der Waals surface area (Å²) >= 11 is 0. The molecule has 1 N–H and O–H groups in total. The van der Waals surface area contributed by atoms with Gasteiger partial charge in [0.25, 0.3) is 0 Å². The molecule has 19 heavy (non-hydrogen) atoms. The molecule has 0 aromatic rings. The highest BCUT2D eigenvalue weighted by molar-refractivity contribution is 7.89. The van der Waals surface area contributed by atoms with Crippen LogP contribution in [0.25, 0.3) is 0 Å². The first kappa shape index (κ1) is 16.7. The minimum atomic E-state index is -4.23. The molecular weight excluding hydrogens is 283 g/mol. The quantitative estimate of drug-likeness (QED) is 0.708. The van der Waals surface area contributed by atoms with Crippen LogP contribution < -0.4 is 5.32 Å². The number of nitrogens with one attached hydrogen (secondary N) is 1. The van der Waals surface area contributed by atoms with Crippen molar-refractivity contribution >= 4 is 10.0 Å². The predicted octanol–water partition coefficient (Wildman–Crippen LogP) is 0.106. The van der Waals surface area contributed by atoms with Crippen molar-refractivity contribution in [2.75, 3.05) is 52.1 Å². The number of nitrogens with zero attached hydrogens (tertiary/aromatic N) is 2. The second-order valence-electron chi connectivity index (χ2n) is 4.56. The van der Waals surface area contributed by atoms with Crippen LogP contribution in [-0.4, -0.2) is 75.9 Å². The van der Waals surface area contributed by atoms with E-state index in [0.717, 1.165) is 0 Å². The minimum absolute atomic E-state index is 0.0348. The lowest BCUT2D eigenvalue weighted by Gasteiger charge is -2.34. The van der Waals surface area contributed by atoms with Crippen molar-refractivity contribution in [1.82, 2.24) is 14.5 Å². The number of sulfonamides is 1. The number of rotatable bonds is 6. The fourth-order valence-electron chi connectivity index (χ4n) is 1.98. The molecule has 0 atom stereocenters. The molecule has 1 aliphatic rings. The minimum Gasteiger partial charge on any atom is -0.320 e. The Kier molecular flexibility index (Phi) is 6.03. The number of alkyl halides is 3. The number of piperazine rings is 1. The van der Waals surface area contributed by atoms with Crippen molar-refractivity contribution < 1.29 is 21.6 Å². The number of hydrogen-bond acceptors (Lipinski definition) is 4. The summed E-state index contributed by atoms with van der Waals surface area (Å²) in [5, 5.41) is 2.86. The average molecular weight is 303 g/mol. The van der Waals surface area contributed by atoms with Crippen LogP contribution in [-0.2, 0) is 10.0 Å². The first-order valence-corrected chi connectivity index (χ1v) is 7.77. The van der Waals surface area contributed by atoms with E-state index in [4.69, 9.17) is 0 Å². The van der Waals surface area contributed by atoms with Crippen molar-refractivity contribution in [3.05, 3.63) is 0 Å². The van der Waals surface area contributed by atoms with Crippen LogP contribution in [0.5, 0.6) is 0 Å². The molecule has 0 saturated carbocycles. The lowest BCUT2D eigenvalue weighted by molar-refractivity contribution is -0.148. The Morgan fingerprint density at radius 1 is 1.16 bits per heavy atom. The Bertz CT molecular complexity index is 365. The summed E-state index contributed by atoms with van der Waals surface area (Å²) in [6.07, 6.45) is -3.73. The molecule has 0 aromatic carbocycles. The molecule has 1 fully saturated rings. The summed E-state index contributed by atoms with van der Waals surface area (Å²) < 4.78 is 61.7. The maximum Gasteiger partial charge on any atom is 0.401 e. The zero-order chi connectivity index (χ0) is 14.5. The van der Waals surface area contributed by atoms with Gasteiger partial charge in [-0.15, -0.1) is 0 Å². The van der Waals surface area contributed by atoms with Gasteiger partial charge in [0.15, 0.2) is 0 Å². The monoisotopic (exact) mass is 303 g/mol. The lowest BCUT2D eigenvalue weighted by Crippen LogP contribution is -2.51. The smallest absolute Gasteiger partial charge is 0.320 e. The van der Waals surface area contributed by atoms with Crippen molar-refractivity contribution in [2.45, 2.75) is 12.6 Å². The van der Waals surface area contributed by atoms with Gasteiger partial charge in [0.05, 0.1) is 12.3 Å². The number of halogens is 3. The van der Waals surface area contributed by atoms with Crippen LogP contribution in [0.3, 0.4) is 0 Å². The van der Waals surface area contributed by atoms with E-state index < -0.39 is 22.7 Å². The summed E-state index contributed by atoms with van der Waals surface area (Å²) in [4.78, 5) is 1.24. The van der Waals surface area contributed by atoms with Gasteiger partial charge in [0.2, 0.25) is 10.0 Å². The van der Waals surface area contributed by atoms with Gasteiger partial charge in [-0.2, -0.15) is 17.5 Å². The van der Waals surface area contributed by atoms with Gasteiger partial charge in [0, 0.05) is 26.2 Å². The summed E-state index contributed by atoms with van der Waals surface area (Å²) in [6.45, 7) is 0.166. The maximum absolute atomic E-state index is 12.2. The Hall–Kier alpha value is -0.380. The molecule has 0 amide bonds. The van der Waals surface area contributed by atoms with Crippen LogP contribution in [0.1, 0.15) is 6.42 Å². The van der Waals surface area contributed by atoms with Gasteiger partial charge in [-0.25, -0.2) is 8.42 Å². The van der Waals surface area contributed by atoms with E-state index in [9.17, 15) is 21.6 Å². The van der Waals surface area contributed by atoms with Crippen molar-refractivity contribution in [3.8, 4) is 0 Å². The summed E-state index contributed by atoms with van der Waals surface area (Å²) in [5.74, 6) is 0.0348. The van der Waals surface area contributed by atoms with E-state index >= 15 is 0 Å². The van der Waals surface area contributed by atoms with Crippen LogP contribution in [0.15, 0.2) is 0 Å². The van der Waals surface area contributed by atoms with Crippen molar-refractivity contribution in [1.29, 1.82) is 0 Å². The van der Waals surface area contributed by atoms with E-state index in [2.05, 4.69) is 5.32 Å². The Balaban J connectivity index is 2.40. The van der Waals surface area contributed by atoms with Crippen LogP contribution in [0.4, 0.5) is 13.2 Å². The largest absolute Gasteiger partial charge is 0.401 e. The fourth-order valence-corrected chi connectivity index (χ4v) is 3.47. The van der Waals surface area contributed by atoms with E-state index in [1.54, 1.807) is 7.05 Å². The summed E-state index contributed by atoms with van der Waals surface area (Å²) in [7, 11) is -1.60. The first-order valence-electron chi connectivity index (χ1n) is 6.16. The molecule has 0 spiro atoms. The van der Waals surface area contributed by atoms with Crippen LogP contribution in [0, 0.1) is 0 Å². The third-order valence-corrected chi connectivity index (χ3v) is 4.91. The SMILES string of the molecule is CNCCCS(=O)(=O)N1CCN(CC(F)(F)F)CC1. The van der Waals surface area contributed by atoms with Crippen molar-refractivity contribution in [3.63, 3.8) is 0 Å². The maximum atomic E-state index is 12.2. The van der Waals surface area contributed by atoms with Gasteiger partial charge < -0.3 is 5.32 Å². The average Bonchev–Trinajstić information content (AvgIpc) is 2.27. The Morgan fingerprint density at radius 3 is 2.21 bits per heavy atom. The molecule has 9 heteroatoms. The Labute approximate surface area is 111 Å². The molecular formula is C10H20F3N3O2S. The molecule has 0 aliphatic carbocycles. The molecule has 1 rings (SSSR count). The molecule has 114 valence electrons. The second-order valence-corrected chi connectivity index (χ2v) is 6.65. The highest BCUT2D eigenvalue weighted by atomic mass is 32.2. The normalized spacial score (nSPS) is 19.8. The summed E-state index contributed by atoms with van der Waals surface area (Å²) in [6, 6.07) is 0. The molecule has 0 bridgehead atoms. The lowest BCUT2D eigenvalue weighted by atomic mass is 10.3. The fraction of sp³-hybridized carbons (Fsp3) is 1.00. The molecule has 0 radical (unpaired) electrons. The molecule has 0 unspecified atom stereocenters. The zero-order valence-corrected chi connectivity index (χ0v) is 11.7. The van der Waals surface area contributed by atoms with Gasteiger partial charge in [-0.3, -0.25) is 4.90 Å². The van der Waals surface area contributed by atoms with Crippen LogP contribution in [0.2, 0.25) is 0 Å². The van der Waals surface area contributed by atoms with E-state index in [-0.39, 0.29) is 31.9 Å². The number of hydrogen-bond donors (Lipinski definition) is 1. The Morgan fingerprint density at radius 2 is 1.74 bits per heavy atom. The second kappa shape index (κ2) is 6.87.